The number of hydrogen-bond donors (Lipinski definition) is 0. The molecule has 0 saturated carbocycles. The van der Waals surface area contributed by atoms with E-state index in [0.717, 1.165) is 12.8 Å². The first-order valence-electron chi connectivity index (χ1n) is 6.23. The summed E-state index contributed by atoms with van der Waals surface area (Å²) < 4.78 is 28.4. The van der Waals surface area contributed by atoms with Crippen molar-refractivity contribution in [3.63, 3.8) is 0 Å². The van der Waals surface area contributed by atoms with Crippen LogP contribution in [-0.2, 0) is 22.8 Å². The van der Waals surface area contributed by atoms with E-state index in [4.69, 9.17) is 22.8 Å². The van der Waals surface area contributed by atoms with E-state index in [1.54, 1.807) is 28.4 Å². The molecule has 0 N–H and O–H groups in total. The molecule has 0 aliphatic heterocycles. The fourth-order valence-electron chi connectivity index (χ4n) is 2.09. The van der Waals surface area contributed by atoms with Gasteiger partial charge in [-0.05, 0) is 26.7 Å². The van der Waals surface area contributed by atoms with Crippen molar-refractivity contribution in [2.75, 3.05) is 28.4 Å². The fraction of sp³-hybridized carbons (Fsp3) is 1.00. The van der Waals surface area contributed by atoms with E-state index in [0.29, 0.717) is 0 Å². The molecule has 0 fully saturated rings. The predicted octanol–water partition coefficient (Wildman–Crippen LogP) is 2.36. The second kappa shape index (κ2) is 6.98. The molecule has 0 rings (SSSR count). The Bertz CT molecular complexity index is 228. The highest BCUT2D eigenvalue weighted by Gasteiger charge is 2.61. The van der Waals surface area contributed by atoms with Crippen molar-refractivity contribution in [1.82, 2.24) is 0 Å². The zero-order chi connectivity index (χ0) is 14.4. The molecule has 110 valence electrons. The van der Waals surface area contributed by atoms with Gasteiger partial charge in [-0.2, -0.15) is 0 Å². The van der Waals surface area contributed by atoms with Gasteiger partial charge < -0.3 is 22.8 Å². The van der Waals surface area contributed by atoms with Gasteiger partial charge in [0.25, 0.3) is 0 Å². The van der Waals surface area contributed by atoms with Gasteiger partial charge in [-0.25, -0.2) is 0 Å². The fourth-order valence-corrected chi connectivity index (χ4v) is 5.20. The van der Waals surface area contributed by atoms with Gasteiger partial charge in [0.2, 0.25) is 0 Å². The third-order valence-electron chi connectivity index (χ3n) is 3.50. The largest absolute Gasteiger partial charge is 0.536 e. The average molecular weight is 280 g/mol. The maximum atomic E-state index is 6.06. The number of rotatable bonds is 9. The molecule has 0 aromatic carbocycles. The minimum absolute atomic E-state index is 0.563. The highest BCUT2D eigenvalue weighted by atomic mass is 28.4. The Morgan fingerprint density at radius 3 is 1.50 bits per heavy atom. The molecule has 0 bridgehead atoms. The van der Waals surface area contributed by atoms with Crippen molar-refractivity contribution in [3.8, 4) is 0 Å². The van der Waals surface area contributed by atoms with Crippen LogP contribution in [0.5, 0.6) is 0 Å². The normalized spacial score (nSPS) is 14.0. The molecule has 6 heteroatoms. The summed E-state index contributed by atoms with van der Waals surface area (Å²) in [6.45, 7) is 7.74. The summed E-state index contributed by atoms with van der Waals surface area (Å²) in [5.41, 5.74) is 0. The standard InChI is InChI=1S/C12H28O5Si/c1-9-12(10-2,14-6)18(15-7,16-8)17-11(3,4)13-5/h9-10H2,1-8H3. The van der Waals surface area contributed by atoms with Gasteiger partial charge in [0.15, 0.2) is 5.79 Å². The number of ether oxygens (including phenoxy) is 2. The summed E-state index contributed by atoms with van der Waals surface area (Å²) >= 11 is 0. The molecule has 0 atom stereocenters. The van der Waals surface area contributed by atoms with Crippen LogP contribution in [-0.4, -0.2) is 48.3 Å². The van der Waals surface area contributed by atoms with Crippen molar-refractivity contribution >= 4 is 8.80 Å². The maximum Gasteiger partial charge on any atom is 0.536 e. The lowest BCUT2D eigenvalue weighted by Gasteiger charge is -2.45. The van der Waals surface area contributed by atoms with E-state index in [-0.39, 0.29) is 0 Å². The lowest BCUT2D eigenvalue weighted by Crippen LogP contribution is -2.67. The Morgan fingerprint density at radius 1 is 0.833 bits per heavy atom. The van der Waals surface area contributed by atoms with E-state index in [1.165, 1.54) is 0 Å². The third-order valence-corrected chi connectivity index (χ3v) is 7.36. The van der Waals surface area contributed by atoms with Crippen LogP contribution in [0.3, 0.4) is 0 Å². The molecule has 0 radical (unpaired) electrons. The lowest BCUT2D eigenvalue weighted by atomic mass is 10.2. The Kier molecular flexibility index (Phi) is 6.98. The van der Waals surface area contributed by atoms with Crippen molar-refractivity contribution in [1.29, 1.82) is 0 Å². The zero-order valence-electron chi connectivity index (χ0n) is 13.0. The van der Waals surface area contributed by atoms with Crippen molar-refractivity contribution in [3.05, 3.63) is 0 Å². The van der Waals surface area contributed by atoms with Crippen LogP contribution in [0.1, 0.15) is 40.5 Å². The Hall–Kier alpha value is 0.0169. The van der Waals surface area contributed by atoms with E-state index in [2.05, 4.69) is 0 Å². The van der Waals surface area contributed by atoms with Crippen LogP contribution >= 0.6 is 0 Å². The first-order valence-corrected chi connectivity index (χ1v) is 7.95. The quantitative estimate of drug-likeness (QED) is 0.479. The van der Waals surface area contributed by atoms with Crippen LogP contribution in [0.2, 0.25) is 0 Å². The van der Waals surface area contributed by atoms with Crippen LogP contribution < -0.4 is 0 Å². The molecule has 0 saturated heterocycles. The molecule has 0 spiro atoms. The minimum Gasteiger partial charge on any atom is -0.375 e. The zero-order valence-corrected chi connectivity index (χ0v) is 14.0. The molecular formula is C12H28O5Si. The molecule has 0 aromatic heterocycles. The summed E-state index contributed by atoms with van der Waals surface area (Å²) in [7, 11) is 3.43. The van der Waals surface area contributed by atoms with E-state index >= 15 is 0 Å². The topological polar surface area (TPSA) is 46.2 Å². The molecular weight excluding hydrogens is 252 g/mol. The van der Waals surface area contributed by atoms with Gasteiger partial charge in [-0.3, -0.25) is 0 Å². The second-order valence-corrected chi connectivity index (χ2v) is 7.62. The average Bonchev–Trinajstić information content (AvgIpc) is 2.39. The Morgan fingerprint density at radius 2 is 1.28 bits per heavy atom. The molecule has 18 heavy (non-hydrogen) atoms. The third kappa shape index (κ3) is 3.31. The van der Waals surface area contributed by atoms with Crippen molar-refractivity contribution in [2.24, 2.45) is 0 Å². The van der Waals surface area contributed by atoms with Gasteiger partial charge in [0, 0.05) is 28.4 Å². The van der Waals surface area contributed by atoms with Crippen LogP contribution in [0.4, 0.5) is 0 Å². The van der Waals surface area contributed by atoms with Gasteiger partial charge >= 0.3 is 8.80 Å². The van der Waals surface area contributed by atoms with Crippen molar-refractivity contribution in [2.45, 2.75) is 51.5 Å². The maximum absolute atomic E-state index is 6.06. The van der Waals surface area contributed by atoms with Crippen LogP contribution in [0, 0.1) is 0 Å². The number of hydrogen-bond acceptors (Lipinski definition) is 5. The number of methoxy groups -OCH3 is 2. The predicted molar refractivity (Wildman–Crippen MR) is 72.3 cm³/mol. The lowest BCUT2D eigenvalue weighted by molar-refractivity contribution is -0.184. The SMILES string of the molecule is CCC(CC)(OC)[Si](OC)(OC)OC(C)(C)OC. The summed E-state index contributed by atoms with van der Waals surface area (Å²) in [6.07, 6.45) is 1.49. The molecule has 0 heterocycles. The summed E-state index contributed by atoms with van der Waals surface area (Å²) in [5.74, 6) is -0.785. The van der Waals surface area contributed by atoms with E-state index in [9.17, 15) is 0 Å². The Labute approximate surface area is 112 Å². The van der Waals surface area contributed by atoms with Gasteiger partial charge in [-0.1, -0.05) is 13.8 Å². The van der Waals surface area contributed by atoms with Crippen LogP contribution in [0.15, 0.2) is 0 Å². The molecule has 0 unspecified atom stereocenters. The summed E-state index contributed by atoms with van der Waals surface area (Å²) in [6, 6.07) is 0. The first kappa shape index (κ1) is 18.0. The van der Waals surface area contributed by atoms with Crippen LogP contribution in [0.25, 0.3) is 0 Å². The van der Waals surface area contributed by atoms with Gasteiger partial charge in [0.1, 0.15) is 5.22 Å². The molecule has 5 nitrogen and oxygen atoms in total. The highest BCUT2D eigenvalue weighted by Crippen LogP contribution is 2.36. The van der Waals surface area contributed by atoms with E-state index in [1.807, 2.05) is 27.7 Å². The summed E-state index contributed by atoms with van der Waals surface area (Å²) in [5, 5.41) is -0.563. The smallest absolute Gasteiger partial charge is 0.375 e. The highest BCUT2D eigenvalue weighted by molar-refractivity contribution is 6.64. The van der Waals surface area contributed by atoms with Gasteiger partial charge in [0.05, 0.1) is 0 Å². The van der Waals surface area contributed by atoms with Gasteiger partial charge in [-0.15, -0.1) is 0 Å². The van der Waals surface area contributed by atoms with E-state index < -0.39 is 19.8 Å². The minimum atomic E-state index is -3.03. The monoisotopic (exact) mass is 280 g/mol. The Balaban J connectivity index is 5.48. The molecule has 0 aliphatic rings. The summed E-state index contributed by atoms with van der Waals surface area (Å²) in [4.78, 5) is 0. The van der Waals surface area contributed by atoms with Crippen molar-refractivity contribution < 1.29 is 22.8 Å². The second-order valence-electron chi connectivity index (χ2n) is 4.58. The molecule has 0 amide bonds. The molecule has 0 aromatic rings. The first-order chi connectivity index (χ1) is 8.32. The molecule has 0 aliphatic carbocycles.